The molecule has 0 aliphatic rings. The van der Waals surface area contributed by atoms with Crippen molar-refractivity contribution >= 4 is 11.3 Å². The fraction of sp³-hybridized carbons (Fsp3) is 0.0769. The van der Waals surface area contributed by atoms with E-state index >= 15 is 0 Å². The van der Waals surface area contributed by atoms with Crippen molar-refractivity contribution in [2.45, 2.75) is 6.92 Å². The molecule has 6 heteroatoms. The zero-order valence-electron chi connectivity index (χ0n) is 10.1. The number of hydrogen-bond acceptors (Lipinski definition) is 4. The number of aromatic nitrogens is 3. The van der Waals surface area contributed by atoms with Gasteiger partial charge >= 0.3 is 0 Å². The molecule has 3 rings (SSSR count). The van der Waals surface area contributed by atoms with Crippen molar-refractivity contribution in [1.29, 1.82) is 0 Å². The molecule has 1 aromatic carbocycles. The van der Waals surface area contributed by atoms with Gasteiger partial charge in [-0.2, -0.15) is 0 Å². The highest BCUT2D eigenvalue weighted by atomic mass is 16.6. The topological polar surface area (TPSA) is 73.3 Å². The van der Waals surface area contributed by atoms with Gasteiger partial charge in [-0.15, -0.1) is 0 Å². The Hall–Kier alpha value is -2.76. The summed E-state index contributed by atoms with van der Waals surface area (Å²) in [5, 5.41) is 10.8. The summed E-state index contributed by atoms with van der Waals surface area (Å²) >= 11 is 0. The molecule has 3 aromatic rings. The molecular formula is C13H10N4O2. The molecule has 0 N–H and O–H groups in total. The van der Waals surface area contributed by atoms with Crippen molar-refractivity contribution < 1.29 is 4.92 Å². The highest BCUT2D eigenvalue weighted by Gasteiger charge is 2.13. The molecule has 0 aliphatic heterocycles. The monoisotopic (exact) mass is 254 g/mol. The van der Waals surface area contributed by atoms with E-state index < -0.39 is 4.92 Å². The van der Waals surface area contributed by atoms with Gasteiger partial charge in [0.05, 0.1) is 16.8 Å². The lowest BCUT2D eigenvalue weighted by Crippen LogP contribution is -1.90. The predicted molar refractivity (Wildman–Crippen MR) is 69.8 cm³/mol. The minimum atomic E-state index is -0.407. The van der Waals surface area contributed by atoms with E-state index in [1.807, 2.05) is 23.6 Å². The lowest BCUT2D eigenvalue weighted by molar-refractivity contribution is -0.384. The fourth-order valence-corrected chi connectivity index (χ4v) is 2.07. The van der Waals surface area contributed by atoms with Crippen LogP contribution in [0, 0.1) is 17.0 Å². The normalized spacial score (nSPS) is 10.8. The Kier molecular flexibility index (Phi) is 2.49. The van der Waals surface area contributed by atoms with Crippen LogP contribution in [-0.2, 0) is 0 Å². The number of aryl methyl sites for hydroxylation is 1. The summed E-state index contributed by atoms with van der Waals surface area (Å²) in [6.45, 7) is 1.92. The van der Waals surface area contributed by atoms with Crippen LogP contribution in [-0.4, -0.2) is 19.3 Å². The van der Waals surface area contributed by atoms with Crippen LogP contribution in [0.15, 0.2) is 42.9 Å². The average molecular weight is 254 g/mol. The van der Waals surface area contributed by atoms with E-state index in [2.05, 4.69) is 9.97 Å². The maximum absolute atomic E-state index is 10.8. The van der Waals surface area contributed by atoms with Gasteiger partial charge in [0.15, 0.2) is 5.65 Å². The van der Waals surface area contributed by atoms with Crippen LogP contribution in [0.1, 0.15) is 5.69 Å². The second kappa shape index (κ2) is 4.16. The quantitative estimate of drug-likeness (QED) is 0.520. The number of benzene rings is 1. The first-order valence-corrected chi connectivity index (χ1v) is 5.70. The molecule has 0 fully saturated rings. The van der Waals surface area contributed by atoms with E-state index in [-0.39, 0.29) is 5.69 Å². The Morgan fingerprint density at radius 2 is 2.21 bits per heavy atom. The first kappa shape index (κ1) is 11.3. The predicted octanol–water partition coefficient (Wildman–Crippen LogP) is 2.61. The molecule has 0 unspecified atom stereocenters. The Labute approximate surface area is 108 Å². The van der Waals surface area contributed by atoms with Gasteiger partial charge in [0.1, 0.15) is 0 Å². The van der Waals surface area contributed by atoms with E-state index in [1.54, 1.807) is 18.5 Å². The van der Waals surface area contributed by atoms with E-state index in [9.17, 15) is 10.1 Å². The summed E-state index contributed by atoms with van der Waals surface area (Å²) in [5.74, 6) is 0. The molecule has 0 amide bonds. The van der Waals surface area contributed by atoms with Crippen molar-refractivity contribution in [3.05, 3.63) is 58.7 Å². The van der Waals surface area contributed by atoms with Gasteiger partial charge < -0.3 is 4.40 Å². The molecule has 0 atom stereocenters. The summed E-state index contributed by atoms with van der Waals surface area (Å²) in [4.78, 5) is 18.9. The fourth-order valence-electron chi connectivity index (χ4n) is 2.07. The van der Waals surface area contributed by atoms with Crippen LogP contribution < -0.4 is 0 Å². The molecule has 19 heavy (non-hydrogen) atoms. The molecule has 0 aliphatic carbocycles. The number of nitrogens with zero attached hydrogens (tertiary/aromatic N) is 4. The second-order valence-electron chi connectivity index (χ2n) is 4.16. The van der Waals surface area contributed by atoms with Crippen LogP contribution in [0.3, 0.4) is 0 Å². The molecule has 0 saturated carbocycles. The van der Waals surface area contributed by atoms with Crippen molar-refractivity contribution in [2.75, 3.05) is 0 Å². The van der Waals surface area contributed by atoms with Gasteiger partial charge in [-0.25, -0.2) is 4.98 Å². The van der Waals surface area contributed by atoms with Crippen molar-refractivity contribution in [3.63, 3.8) is 0 Å². The minimum absolute atomic E-state index is 0.0621. The summed E-state index contributed by atoms with van der Waals surface area (Å²) in [5.41, 5.74) is 3.18. The van der Waals surface area contributed by atoms with E-state index in [0.29, 0.717) is 0 Å². The van der Waals surface area contributed by atoms with Gasteiger partial charge in [0.25, 0.3) is 5.69 Å². The number of fused-ring (bicyclic) bond motifs is 1. The first-order chi connectivity index (χ1) is 9.16. The van der Waals surface area contributed by atoms with Crippen LogP contribution in [0.2, 0.25) is 0 Å². The van der Waals surface area contributed by atoms with Crippen LogP contribution in [0.4, 0.5) is 5.69 Å². The smallest absolute Gasteiger partial charge is 0.270 e. The van der Waals surface area contributed by atoms with Gasteiger partial charge in [-0.1, -0.05) is 12.1 Å². The molecule has 6 nitrogen and oxygen atoms in total. The number of nitro benzene ring substituents is 1. The largest absolute Gasteiger partial charge is 0.301 e. The van der Waals surface area contributed by atoms with Crippen molar-refractivity contribution in [2.24, 2.45) is 0 Å². The summed E-state index contributed by atoms with van der Waals surface area (Å²) < 4.78 is 1.90. The van der Waals surface area contributed by atoms with Crippen LogP contribution in [0.25, 0.3) is 16.9 Å². The minimum Gasteiger partial charge on any atom is -0.301 e. The third-order valence-electron chi connectivity index (χ3n) is 3.00. The van der Waals surface area contributed by atoms with E-state index in [4.69, 9.17) is 0 Å². The lowest BCUT2D eigenvalue weighted by Gasteiger charge is -1.99. The highest BCUT2D eigenvalue weighted by Crippen LogP contribution is 2.26. The van der Waals surface area contributed by atoms with Gasteiger partial charge in [-0.05, 0) is 6.92 Å². The van der Waals surface area contributed by atoms with Gasteiger partial charge in [0.2, 0.25) is 0 Å². The first-order valence-electron chi connectivity index (χ1n) is 5.70. The SMILES string of the molecule is Cc1c(-c2cccc([N+](=O)[O-])c2)nc2cnccn12. The third-order valence-corrected chi connectivity index (χ3v) is 3.00. The average Bonchev–Trinajstić information content (AvgIpc) is 2.77. The molecular weight excluding hydrogens is 244 g/mol. The molecule has 0 spiro atoms. The Bertz CT molecular complexity index is 779. The Morgan fingerprint density at radius 3 is 2.95 bits per heavy atom. The molecule has 0 saturated heterocycles. The lowest BCUT2D eigenvalue weighted by atomic mass is 10.1. The molecule has 0 bridgehead atoms. The number of hydrogen-bond donors (Lipinski definition) is 0. The number of rotatable bonds is 2. The zero-order valence-corrected chi connectivity index (χ0v) is 10.1. The maximum Gasteiger partial charge on any atom is 0.270 e. The molecule has 2 heterocycles. The van der Waals surface area contributed by atoms with Crippen molar-refractivity contribution in [1.82, 2.24) is 14.4 Å². The van der Waals surface area contributed by atoms with Crippen molar-refractivity contribution in [3.8, 4) is 11.3 Å². The number of nitro groups is 1. The number of non-ortho nitro benzene ring substituents is 1. The Morgan fingerprint density at radius 1 is 1.37 bits per heavy atom. The van der Waals surface area contributed by atoms with Crippen LogP contribution >= 0.6 is 0 Å². The number of imidazole rings is 1. The third kappa shape index (κ3) is 1.83. The van der Waals surface area contributed by atoms with E-state index in [0.717, 1.165) is 22.6 Å². The maximum atomic E-state index is 10.8. The van der Waals surface area contributed by atoms with Crippen LogP contribution in [0.5, 0.6) is 0 Å². The highest BCUT2D eigenvalue weighted by molar-refractivity contribution is 5.68. The van der Waals surface area contributed by atoms with Gasteiger partial charge in [0, 0.05) is 35.8 Å². The zero-order chi connectivity index (χ0) is 13.4. The summed E-state index contributed by atoms with van der Waals surface area (Å²) in [6, 6.07) is 6.47. The standard InChI is InChI=1S/C13H10N4O2/c1-9-13(15-12-8-14-5-6-16(9)12)10-3-2-4-11(7-10)17(18)19/h2-8H,1H3. The second-order valence-corrected chi connectivity index (χ2v) is 4.16. The summed E-state index contributed by atoms with van der Waals surface area (Å²) in [7, 11) is 0. The molecule has 2 aromatic heterocycles. The van der Waals surface area contributed by atoms with E-state index in [1.165, 1.54) is 12.1 Å². The Balaban J connectivity index is 2.21. The molecule has 0 radical (unpaired) electrons. The van der Waals surface area contributed by atoms with Gasteiger partial charge in [-0.3, -0.25) is 15.1 Å². The molecule has 94 valence electrons. The summed E-state index contributed by atoms with van der Waals surface area (Å²) in [6.07, 6.45) is 5.16.